The van der Waals surface area contributed by atoms with Crippen LogP contribution in [0.2, 0.25) is 0 Å². The summed E-state index contributed by atoms with van der Waals surface area (Å²) in [5.74, 6) is 0. The Morgan fingerprint density at radius 3 is 3.00 bits per heavy atom. The molecule has 1 radical (unpaired) electrons. The van der Waals surface area contributed by atoms with Crippen LogP contribution in [0.5, 0.6) is 0 Å². The zero-order valence-corrected chi connectivity index (χ0v) is 5.32. The molecule has 1 rings (SSSR count). The Balaban J connectivity index is 2.00. The summed E-state index contributed by atoms with van der Waals surface area (Å²) in [4.78, 5) is 0. The van der Waals surface area contributed by atoms with Gasteiger partial charge in [0.2, 0.25) is 0 Å². The lowest BCUT2D eigenvalue weighted by Gasteiger charge is -2.07. The van der Waals surface area contributed by atoms with Gasteiger partial charge in [0.05, 0.1) is 0 Å². The predicted octanol–water partition coefficient (Wildman–Crippen LogP) is 1.35. The first-order chi connectivity index (χ1) is 4.00. The molecular formula is C7H14N. The molecule has 0 spiro atoms. The molecule has 0 saturated carbocycles. The minimum atomic E-state index is 1.19. The van der Waals surface area contributed by atoms with Crippen LogP contribution < -0.4 is 5.32 Å². The van der Waals surface area contributed by atoms with Crippen molar-refractivity contribution in [3.8, 4) is 0 Å². The van der Waals surface area contributed by atoms with E-state index < -0.39 is 0 Å². The summed E-state index contributed by atoms with van der Waals surface area (Å²) in [6.07, 6.45) is 7.72. The molecule has 8 heavy (non-hydrogen) atoms. The van der Waals surface area contributed by atoms with Crippen molar-refractivity contribution in [1.29, 1.82) is 0 Å². The standard InChI is InChI=1S/C7H14N/c1-2-4-6-8-7-5-3-1/h2,8H,1,3-7H2. The highest BCUT2D eigenvalue weighted by Crippen LogP contribution is 2.02. The van der Waals surface area contributed by atoms with Crippen LogP contribution in [0.1, 0.15) is 25.7 Å². The monoisotopic (exact) mass is 112 g/mol. The van der Waals surface area contributed by atoms with E-state index in [0.717, 1.165) is 0 Å². The van der Waals surface area contributed by atoms with Gasteiger partial charge in [0, 0.05) is 0 Å². The molecule has 47 valence electrons. The summed E-state index contributed by atoms with van der Waals surface area (Å²) in [6.45, 7) is 2.42. The molecule has 1 heteroatoms. The van der Waals surface area contributed by atoms with Crippen molar-refractivity contribution in [2.24, 2.45) is 0 Å². The zero-order chi connectivity index (χ0) is 5.66. The third kappa shape index (κ3) is 2.31. The quantitative estimate of drug-likeness (QED) is 0.499. The van der Waals surface area contributed by atoms with Crippen LogP contribution in [0, 0.1) is 6.42 Å². The van der Waals surface area contributed by atoms with Gasteiger partial charge in [0.15, 0.2) is 0 Å². The van der Waals surface area contributed by atoms with Crippen LogP contribution in [0.15, 0.2) is 0 Å². The van der Waals surface area contributed by atoms with E-state index in [1.165, 1.54) is 38.8 Å². The van der Waals surface area contributed by atoms with Gasteiger partial charge >= 0.3 is 0 Å². The summed E-state index contributed by atoms with van der Waals surface area (Å²) in [7, 11) is 0. The van der Waals surface area contributed by atoms with E-state index in [2.05, 4.69) is 11.7 Å². The Bertz CT molecular complexity index is 28.3. The second-order valence-electron chi connectivity index (χ2n) is 2.32. The molecule has 1 saturated heterocycles. The highest BCUT2D eigenvalue weighted by atomic mass is 14.8. The Morgan fingerprint density at radius 2 is 2.00 bits per heavy atom. The molecule has 0 aromatic rings. The fraction of sp³-hybridized carbons (Fsp3) is 0.857. The van der Waals surface area contributed by atoms with Crippen LogP contribution in [-0.4, -0.2) is 13.1 Å². The average molecular weight is 112 g/mol. The molecule has 0 atom stereocenters. The number of nitrogens with one attached hydrogen (secondary N) is 1. The average Bonchev–Trinajstić information content (AvgIpc) is 1.62. The van der Waals surface area contributed by atoms with Crippen molar-refractivity contribution < 1.29 is 0 Å². The summed E-state index contributed by atoms with van der Waals surface area (Å²) in [6, 6.07) is 0. The van der Waals surface area contributed by atoms with Crippen molar-refractivity contribution in [1.82, 2.24) is 5.32 Å². The van der Waals surface area contributed by atoms with E-state index in [1.54, 1.807) is 0 Å². The van der Waals surface area contributed by atoms with Gasteiger partial charge in [-0.25, -0.2) is 0 Å². The fourth-order valence-electron chi connectivity index (χ4n) is 1.01. The van der Waals surface area contributed by atoms with Gasteiger partial charge in [0.1, 0.15) is 0 Å². The van der Waals surface area contributed by atoms with Gasteiger partial charge in [-0.2, -0.15) is 0 Å². The van der Waals surface area contributed by atoms with E-state index in [-0.39, 0.29) is 0 Å². The van der Waals surface area contributed by atoms with Gasteiger partial charge in [-0.15, -0.1) is 0 Å². The molecule has 0 bridgehead atoms. The zero-order valence-electron chi connectivity index (χ0n) is 5.32. The normalized spacial score (nSPS) is 24.0. The van der Waals surface area contributed by atoms with E-state index in [4.69, 9.17) is 0 Å². The number of rotatable bonds is 0. The molecule has 0 amide bonds. The lowest BCUT2D eigenvalue weighted by molar-refractivity contribution is 0.576. The molecule has 1 aliphatic heterocycles. The highest BCUT2D eigenvalue weighted by Gasteiger charge is 1.94. The summed E-state index contributed by atoms with van der Waals surface area (Å²) < 4.78 is 0. The lowest BCUT2D eigenvalue weighted by Crippen LogP contribution is -2.18. The second-order valence-corrected chi connectivity index (χ2v) is 2.32. The topological polar surface area (TPSA) is 12.0 Å². The van der Waals surface area contributed by atoms with Crippen molar-refractivity contribution in [2.45, 2.75) is 25.7 Å². The highest BCUT2D eigenvalue weighted by molar-refractivity contribution is 4.68. The summed E-state index contributed by atoms with van der Waals surface area (Å²) in [5.41, 5.74) is 0. The maximum Gasteiger partial charge on any atom is -0.00462 e. The van der Waals surface area contributed by atoms with E-state index in [0.29, 0.717) is 0 Å². The molecule has 1 N–H and O–H groups in total. The second kappa shape index (κ2) is 3.90. The van der Waals surface area contributed by atoms with Crippen LogP contribution in [0.4, 0.5) is 0 Å². The molecule has 1 heterocycles. The van der Waals surface area contributed by atoms with Crippen molar-refractivity contribution in [2.75, 3.05) is 13.1 Å². The molecule has 0 unspecified atom stereocenters. The van der Waals surface area contributed by atoms with Gasteiger partial charge < -0.3 is 5.32 Å². The molecule has 1 nitrogen and oxygen atoms in total. The molecule has 1 aliphatic rings. The predicted molar refractivity (Wildman–Crippen MR) is 35.6 cm³/mol. The number of hydrogen-bond acceptors (Lipinski definition) is 1. The SMILES string of the molecule is [CH]1CCCCNCC1. The molecule has 0 aromatic carbocycles. The molecule has 0 aliphatic carbocycles. The van der Waals surface area contributed by atoms with Gasteiger partial charge in [-0.1, -0.05) is 12.8 Å². The van der Waals surface area contributed by atoms with Crippen LogP contribution in [0.3, 0.4) is 0 Å². The van der Waals surface area contributed by atoms with Crippen molar-refractivity contribution in [3.05, 3.63) is 6.42 Å². The minimum absolute atomic E-state index is 1.19. The molecular weight excluding hydrogens is 98.1 g/mol. The van der Waals surface area contributed by atoms with Crippen molar-refractivity contribution in [3.63, 3.8) is 0 Å². The first kappa shape index (κ1) is 6.09. The molecule has 1 fully saturated rings. The van der Waals surface area contributed by atoms with Crippen LogP contribution in [0.25, 0.3) is 0 Å². The van der Waals surface area contributed by atoms with E-state index in [1.807, 2.05) is 0 Å². The fourth-order valence-corrected chi connectivity index (χ4v) is 1.01. The smallest absolute Gasteiger partial charge is 0.00462 e. The van der Waals surface area contributed by atoms with E-state index in [9.17, 15) is 0 Å². The number of hydrogen-bond donors (Lipinski definition) is 1. The van der Waals surface area contributed by atoms with Gasteiger partial charge in [0.25, 0.3) is 0 Å². The van der Waals surface area contributed by atoms with Gasteiger partial charge in [-0.3, -0.25) is 0 Å². The Kier molecular flexibility index (Phi) is 2.97. The molecule has 0 aromatic heterocycles. The van der Waals surface area contributed by atoms with Crippen LogP contribution in [-0.2, 0) is 0 Å². The Hall–Kier alpha value is -0.0400. The Labute approximate surface area is 51.5 Å². The van der Waals surface area contributed by atoms with Gasteiger partial charge in [-0.05, 0) is 32.4 Å². The van der Waals surface area contributed by atoms with E-state index >= 15 is 0 Å². The first-order valence-electron chi connectivity index (χ1n) is 3.52. The van der Waals surface area contributed by atoms with Crippen molar-refractivity contribution >= 4 is 0 Å². The minimum Gasteiger partial charge on any atom is -0.317 e. The Morgan fingerprint density at radius 1 is 1.00 bits per heavy atom. The summed E-state index contributed by atoms with van der Waals surface area (Å²) in [5, 5.41) is 3.36. The summed E-state index contributed by atoms with van der Waals surface area (Å²) >= 11 is 0. The lowest BCUT2D eigenvalue weighted by atomic mass is 10.1. The third-order valence-corrected chi connectivity index (χ3v) is 1.54. The third-order valence-electron chi connectivity index (χ3n) is 1.54. The first-order valence-corrected chi connectivity index (χ1v) is 3.52. The largest absolute Gasteiger partial charge is 0.317 e. The maximum absolute atomic E-state index is 3.36. The maximum atomic E-state index is 3.36. The van der Waals surface area contributed by atoms with Crippen LogP contribution >= 0.6 is 0 Å².